The molecule has 2 heterocycles. The van der Waals surface area contributed by atoms with Crippen LogP contribution in [0.2, 0.25) is 0 Å². The Hall–Kier alpha value is -8.73. The van der Waals surface area contributed by atoms with E-state index in [1.165, 1.54) is 0 Å². The van der Waals surface area contributed by atoms with Crippen molar-refractivity contribution in [2.24, 2.45) is 5.41 Å². The number of anilines is 4. The highest BCUT2D eigenvalue weighted by atomic mass is 15.5. The third kappa shape index (κ3) is 7.98. The molecule has 0 saturated carbocycles. The highest BCUT2D eigenvalue weighted by molar-refractivity contribution is 6.01. The Morgan fingerprint density at radius 2 is 0.690 bits per heavy atom. The van der Waals surface area contributed by atoms with E-state index in [1.807, 2.05) is 0 Å². The average Bonchev–Trinajstić information content (AvgIpc) is 3.93. The smallest absolute Gasteiger partial charge is 0.175 e. The maximum absolute atomic E-state index is 5.63. The quantitative estimate of drug-likeness (QED) is 0.137. The molecule has 0 atom stereocenters. The molecule has 342 valence electrons. The van der Waals surface area contributed by atoms with Crippen LogP contribution in [-0.4, -0.2) is 9.55 Å². The van der Waals surface area contributed by atoms with Crippen molar-refractivity contribution in [1.82, 2.24) is 9.55 Å². The summed E-state index contributed by atoms with van der Waals surface area (Å²) >= 11 is 0. The zero-order valence-corrected chi connectivity index (χ0v) is 40.3. The van der Waals surface area contributed by atoms with Crippen molar-refractivity contribution in [1.29, 1.82) is 0 Å². The van der Waals surface area contributed by atoms with E-state index in [4.69, 9.17) is 4.98 Å². The minimum atomic E-state index is -0.984. The zero-order valence-electron chi connectivity index (χ0n) is 40.3. The topological polar surface area (TPSA) is 24.3 Å². The molecule has 11 aromatic rings. The summed E-state index contributed by atoms with van der Waals surface area (Å²) in [4.78, 5) is 10.9. The maximum atomic E-state index is 5.63. The summed E-state index contributed by atoms with van der Waals surface area (Å²) < 4.78 is 2.40. The summed E-state index contributed by atoms with van der Waals surface area (Å²) in [6.45, 7) is 6.90. The third-order valence-electron chi connectivity index (χ3n) is 13.8. The van der Waals surface area contributed by atoms with Crippen LogP contribution in [0.1, 0.15) is 37.7 Å². The number of imidazole rings is 1. The summed E-state index contributed by atoms with van der Waals surface area (Å²) in [6.07, 6.45) is 0.797. The van der Waals surface area contributed by atoms with Crippen LogP contribution < -0.4 is 9.80 Å². The van der Waals surface area contributed by atoms with Crippen molar-refractivity contribution in [3.05, 3.63) is 278 Å². The molecule has 0 aliphatic carbocycles. The molecule has 4 heteroatoms. The van der Waals surface area contributed by atoms with E-state index in [0.717, 1.165) is 107 Å². The van der Waals surface area contributed by atoms with Gasteiger partial charge in [0.1, 0.15) is 5.82 Å². The molecular formula is C67H54N4. The number of benzene rings is 10. The predicted molar refractivity (Wildman–Crippen MR) is 297 cm³/mol. The Kier molecular flexibility index (Phi) is 11.0. The molecule has 1 aliphatic heterocycles. The van der Waals surface area contributed by atoms with Crippen molar-refractivity contribution in [3.8, 4) is 50.2 Å². The Morgan fingerprint density at radius 1 is 0.352 bits per heavy atom. The SMILES string of the molecule is CC(C)(C)Cc1nc2cc3c(cc2n1-c1ccccc1)N(c1cc(-c2ccccc2)cc(-c2ccccc2)c1)C(c1ccccc1)(c1ccccc1)N3c1cc(-c2ccccc2)cc(-c2ccccc2)c1. The predicted octanol–water partition coefficient (Wildman–Crippen LogP) is 17.5. The van der Waals surface area contributed by atoms with Gasteiger partial charge in [-0.2, -0.15) is 0 Å². The lowest BCUT2D eigenvalue weighted by Gasteiger charge is -2.47. The van der Waals surface area contributed by atoms with Gasteiger partial charge < -0.3 is 9.80 Å². The molecule has 0 fully saturated rings. The van der Waals surface area contributed by atoms with Crippen molar-refractivity contribution >= 4 is 33.8 Å². The van der Waals surface area contributed by atoms with Gasteiger partial charge >= 0.3 is 0 Å². The minimum Gasteiger partial charge on any atom is -0.308 e. The molecule has 1 aliphatic rings. The molecule has 0 radical (unpaired) electrons. The van der Waals surface area contributed by atoms with E-state index >= 15 is 0 Å². The fourth-order valence-corrected chi connectivity index (χ4v) is 10.8. The molecule has 4 nitrogen and oxygen atoms in total. The molecule has 0 amide bonds. The van der Waals surface area contributed by atoms with E-state index in [-0.39, 0.29) is 5.41 Å². The summed E-state index contributed by atoms with van der Waals surface area (Å²) in [6, 6.07) is 95.3. The number of fused-ring (bicyclic) bond motifs is 2. The second-order valence-corrected chi connectivity index (χ2v) is 19.8. The Balaban J connectivity index is 1.26. The third-order valence-corrected chi connectivity index (χ3v) is 13.8. The van der Waals surface area contributed by atoms with Gasteiger partial charge in [-0.25, -0.2) is 4.98 Å². The summed E-state index contributed by atoms with van der Waals surface area (Å²) in [5, 5.41) is 0. The first kappa shape index (κ1) is 43.5. The largest absolute Gasteiger partial charge is 0.308 e. The van der Waals surface area contributed by atoms with Crippen LogP contribution in [0.3, 0.4) is 0 Å². The first-order valence-corrected chi connectivity index (χ1v) is 24.7. The molecule has 0 bridgehead atoms. The summed E-state index contributed by atoms with van der Waals surface area (Å²) in [7, 11) is 0. The number of rotatable bonds is 10. The van der Waals surface area contributed by atoms with E-state index in [9.17, 15) is 0 Å². The van der Waals surface area contributed by atoms with Gasteiger partial charge in [0.05, 0.1) is 22.4 Å². The molecule has 0 N–H and O–H groups in total. The minimum absolute atomic E-state index is 0.0120. The van der Waals surface area contributed by atoms with Gasteiger partial charge in [0.25, 0.3) is 0 Å². The number of nitrogens with zero attached hydrogens (tertiary/aromatic N) is 4. The maximum Gasteiger partial charge on any atom is 0.175 e. The van der Waals surface area contributed by atoms with Gasteiger partial charge in [-0.3, -0.25) is 4.57 Å². The Labute approximate surface area is 417 Å². The molecule has 0 unspecified atom stereocenters. The van der Waals surface area contributed by atoms with E-state index in [0.29, 0.717) is 0 Å². The molecule has 0 spiro atoms. The lowest BCUT2D eigenvalue weighted by atomic mass is 9.86. The normalized spacial score (nSPS) is 13.1. The van der Waals surface area contributed by atoms with Crippen molar-refractivity contribution in [2.75, 3.05) is 9.80 Å². The standard InChI is InChI=1S/C67H54N4/c1-66(2,3)47-65-68-61-45-63-64(46-62(61)69(65)58-37-23-10-24-38-58)71(60-43-54(50-29-15-6-16-30-50)40-55(44-60)51-31-17-7-18-32-51)67(56-33-19-8-20-34-56,57-35-21-9-22-36-57)70(63)59-41-52(48-25-11-4-12-26-48)39-53(42-59)49-27-13-5-14-28-49/h4-46H,47H2,1-3H3. The number of hydrogen-bond donors (Lipinski definition) is 0. The van der Waals surface area contributed by atoms with E-state index in [2.05, 4.69) is 296 Å². The molecular weight excluding hydrogens is 861 g/mol. The fraction of sp³-hybridized carbons (Fsp3) is 0.0896. The highest BCUT2D eigenvalue weighted by Gasteiger charge is 2.54. The fourth-order valence-electron chi connectivity index (χ4n) is 10.8. The first-order chi connectivity index (χ1) is 34.8. The highest BCUT2D eigenvalue weighted by Crippen LogP contribution is 2.61. The second kappa shape index (κ2) is 18.0. The van der Waals surface area contributed by atoms with Gasteiger partial charge in [-0.15, -0.1) is 0 Å². The van der Waals surface area contributed by atoms with Crippen molar-refractivity contribution in [2.45, 2.75) is 32.9 Å². The van der Waals surface area contributed by atoms with Crippen LogP contribution in [0.5, 0.6) is 0 Å². The number of para-hydroxylation sites is 1. The van der Waals surface area contributed by atoms with Gasteiger partial charge in [0, 0.05) is 34.6 Å². The lowest BCUT2D eigenvalue weighted by Crippen LogP contribution is -2.51. The Bertz CT molecular complexity index is 3470. The second-order valence-electron chi connectivity index (χ2n) is 19.8. The number of hydrogen-bond acceptors (Lipinski definition) is 3. The monoisotopic (exact) mass is 914 g/mol. The van der Waals surface area contributed by atoms with Crippen LogP contribution in [0.15, 0.2) is 261 Å². The molecule has 12 rings (SSSR count). The van der Waals surface area contributed by atoms with Crippen LogP contribution in [-0.2, 0) is 12.1 Å². The first-order valence-electron chi connectivity index (χ1n) is 24.7. The van der Waals surface area contributed by atoms with E-state index < -0.39 is 5.66 Å². The van der Waals surface area contributed by atoms with Gasteiger partial charge in [0.15, 0.2) is 5.66 Å². The summed E-state index contributed by atoms with van der Waals surface area (Å²) in [5.74, 6) is 1.03. The zero-order chi connectivity index (χ0) is 47.9. The molecule has 10 aromatic carbocycles. The molecule has 1 aromatic heterocycles. The molecule has 0 saturated heterocycles. The van der Waals surface area contributed by atoms with Crippen LogP contribution in [0.4, 0.5) is 22.7 Å². The van der Waals surface area contributed by atoms with Gasteiger partial charge in [-0.1, -0.05) is 221 Å². The van der Waals surface area contributed by atoms with Gasteiger partial charge in [-0.05, 0) is 111 Å². The van der Waals surface area contributed by atoms with Crippen molar-refractivity contribution < 1.29 is 0 Å². The van der Waals surface area contributed by atoms with Crippen LogP contribution in [0, 0.1) is 5.41 Å². The Morgan fingerprint density at radius 3 is 1.06 bits per heavy atom. The van der Waals surface area contributed by atoms with E-state index in [1.54, 1.807) is 0 Å². The lowest BCUT2D eigenvalue weighted by molar-refractivity contribution is 0.399. The molecule has 71 heavy (non-hydrogen) atoms. The summed E-state index contributed by atoms with van der Waals surface area (Å²) in [5.41, 5.74) is 17.7. The van der Waals surface area contributed by atoms with Gasteiger partial charge in [0.2, 0.25) is 0 Å². The van der Waals surface area contributed by atoms with Crippen molar-refractivity contribution in [3.63, 3.8) is 0 Å². The van der Waals surface area contributed by atoms with Crippen LogP contribution in [0.25, 0.3) is 61.2 Å². The van der Waals surface area contributed by atoms with Crippen LogP contribution >= 0.6 is 0 Å². The number of aromatic nitrogens is 2. The average molecular weight is 915 g/mol.